The summed E-state index contributed by atoms with van der Waals surface area (Å²) in [6.45, 7) is 0.834. The van der Waals surface area contributed by atoms with E-state index in [2.05, 4.69) is 4.98 Å². The van der Waals surface area contributed by atoms with Crippen molar-refractivity contribution in [2.24, 2.45) is 0 Å². The van der Waals surface area contributed by atoms with Crippen molar-refractivity contribution in [3.8, 4) is 5.75 Å². The molecule has 1 aromatic heterocycles. The molecule has 1 aliphatic rings. The molecule has 1 aromatic rings. The number of rotatable bonds is 2. The van der Waals surface area contributed by atoms with Crippen molar-refractivity contribution in [3.63, 3.8) is 0 Å². The highest BCUT2D eigenvalue weighted by molar-refractivity contribution is 5.42. The van der Waals surface area contributed by atoms with Crippen LogP contribution < -0.4 is 9.64 Å². The number of anilines is 1. The second-order valence-corrected chi connectivity index (χ2v) is 3.60. The van der Waals surface area contributed by atoms with Crippen LogP contribution >= 0.6 is 0 Å². The van der Waals surface area contributed by atoms with Crippen LogP contribution in [0.2, 0.25) is 0 Å². The Bertz CT molecular complexity index is 318. The van der Waals surface area contributed by atoms with E-state index in [1.165, 1.54) is 0 Å². The molecule has 5 nitrogen and oxygen atoms in total. The highest BCUT2D eigenvalue weighted by atomic mass is 16.5. The zero-order valence-corrected chi connectivity index (χ0v) is 8.50. The van der Waals surface area contributed by atoms with Gasteiger partial charge in [-0.2, -0.15) is 0 Å². The molecule has 82 valence electrons. The molecule has 0 aromatic carbocycles. The van der Waals surface area contributed by atoms with Crippen molar-refractivity contribution >= 4 is 5.82 Å². The fraction of sp³-hybridized carbons (Fsp3) is 0.500. The molecule has 0 bridgehead atoms. The third-order valence-electron chi connectivity index (χ3n) is 2.54. The number of aromatic nitrogens is 1. The van der Waals surface area contributed by atoms with E-state index < -0.39 is 12.2 Å². The molecule has 1 aliphatic heterocycles. The average Bonchev–Trinajstić information content (AvgIpc) is 2.59. The molecule has 1 saturated heterocycles. The number of ether oxygens (including phenoxy) is 1. The highest BCUT2D eigenvalue weighted by Crippen LogP contribution is 2.20. The van der Waals surface area contributed by atoms with Crippen LogP contribution in [0.1, 0.15) is 0 Å². The molecule has 0 amide bonds. The lowest BCUT2D eigenvalue weighted by Gasteiger charge is -2.16. The fourth-order valence-electron chi connectivity index (χ4n) is 1.64. The first-order valence-electron chi connectivity index (χ1n) is 4.82. The Labute approximate surface area is 87.9 Å². The van der Waals surface area contributed by atoms with Gasteiger partial charge in [0.1, 0.15) is 11.6 Å². The maximum absolute atomic E-state index is 9.39. The zero-order chi connectivity index (χ0) is 10.8. The largest absolute Gasteiger partial charge is 0.495 e. The van der Waals surface area contributed by atoms with Crippen LogP contribution in [-0.2, 0) is 0 Å². The first kappa shape index (κ1) is 10.2. The van der Waals surface area contributed by atoms with Gasteiger partial charge in [0.2, 0.25) is 0 Å². The predicted octanol–water partition coefficient (Wildman–Crippen LogP) is -0.368. The van der Waals surface area contributed by atoms with Gasteiger partial charge in [-0.25, -0.2) is 4.98 Å². The lowest BCUT2D eigenvalue weighted by Crippen LogP contribution is -2.22. The van der Waals surface area contributed by atoms with E-state index in [4.69, 9.17) is 4.74 Å². The molecule has 1 fully saturated rings. The minimum atomic E-state index is -0.686. The Kier molecular flexibility index (Phi) is 2.75. The number of aliphatic hydroxyl groups is 2. The maximum atomic E-state index is 9.39. The molecule has 5 heteroatoms. The third-order valence-corrected chi connectivity index (χ3v) is 2.54. The minimum absolute atomic E-state index is 0.417. The lowest BCUT2D eigenvalue weighted by molar-refractivity contribution is 0.0572. The van der Waals surface area contributed by atoms with Crippen molar-refractivity contribution in [1.82, 2.24) is 4.98 Å². The summed E-state index contributed by atoms with van der Waals surface area (Å²) in [7, 11) is 1.58. The molecular formula is C10H14N2O3. The Morgan fingerprint density at radius 3 is 2.47 bits per heavy atom. The van der Waals surface area contributed by atoms with Gasteiger partial charge < -0.3 is 19.8 Å². The monoisotopic (exact) mass is 210 g/mol. The van der Waals surface area contributed by atoms with Crippen LogP contribution in [-0.4, -0.2) is 47.6 Å². The van der Waals surface area contributed by atoms with Gasteiger partial charge in [-0.05, 0) is 12.1 Å². The van der Waals surface area contributed by atoms with E-state index in [9.17, 15) is 10.2 Å². The van der Waals surface area contributed by atoms with Crippen LogP contribution in [0.15, 0.2) is 18.3 Å². The normalized spacial score (nSPS) is 25.7. The summed E-state index contributed by atoms with van der Waals surface area (Å²) in [6.07, 6.45) is 0.245. The molecule has 2 heterocycles. The van der Waals surface area contributed by atoms with Gasteiger partial charge in [0.15, 0.2) is 0 Å². The number of nitrogens with zero attached hydrogens (tertiary/aromatic N) is 2. The van der Waals surface area contributed by atoms with Crippen molar-refractivity contribution < 1.29 is 14.9 Å². The molecule has 0 aliphatic carbocycles. The van der Waals surface area contributed by atoms with Gasteiger partial charge in [-0.15, -0.1) is 0 Å². The summed E-state index contributed by atoms with van der Waals surface area (Å²) >= 11 is 0. The predicted molar refractivity (Wildman–Crippen MR) is 55.0 cm³/mol. The Balaban J connectivity index is 2.10. The van der Waals surface area contributed by atoms with Gasteiger partial charge in [-0.3, -0.25) is 0 Å². The third kappa shape index (κ3) is 2.03. The summed E-state index contributed by atoms with van der Waals surface area (Å²) in [5.74, 6) is 1.44. The topological polar surface area (TPSA) is 65.8 Å². The second kappa shape index (κ2) is 4.04. The maximum Gasteiger partial charge on any atom is 0.137 e. The summed E-state index contributed by atoms with van der Waals surface area (Å²) in [5.41, 5.74) is 0. The van der Waals surface area contributed by atoms with E-state index in [1.54, 1.807) is 19.4 Å². The first-order valence-corrected chi connectivity index (χ1v) is 4.82. The second-order valence-electron chi connectivity index (χ2n) is 3.60. The van der Waals surface area contributed by atoms with Gasteiger partial charge in [-0.1, -0.05) is 0 Å². The standard InChI is InChI=1S/C10H14N2O3/c1-15-7-2-3-10(11-4-7)12-5-8(13)9(14)6-12/h2-4,8-9,13-14H,5-6H2,1H3. The number of hydrogen-bond donors (Lipinski definition) is 2. The SMILES string of the molecule is COc1ccc(N2CC(O)C(O)C2)nc1. The van der Waals surface area contributed by atoms with E-state index in [1.807, 2.05) is 11.0 Å². The number of aliphatic hydroxyl groups excluding tert-OH is 2. The van der Waals surface area contributed by atoms with Gasteiger partial charge >= 0.3 is 0 Å². The Morgan fingerprint density at radius 1 is 1.33 bits per heavy atom. The summed E-state index contributed by atoms with van der Waals surface area (Å²) in [6, 6.07) is 3.61. The van der Waals surface area contributed by atoms with Crippen molar-refractivity contribution in [1.29, 1.82) is 0 Å². The van der Waals surface area contributed by atoms with Crippen molar-refractivity contribution in [2.45, 2.75) is 12.2 Å². The van der Waals surface area contributed by atoms with Gasteiger partial charge in [0.25, 0.3) is 0 Å². The van der Waals surface area contributed by atoms with Crippen molar-refractivity contribution in [2.75, 3.05) is 25.1 Å². The molecule has 2 N–H and O–H groups in total. The molecule has 0 radical (unpaired) electrons. The van der Waals surface area contributed by atoms with Crippen LogP contribution in [0.5, 0.6) is 5.75 Å². The zero-order valence-electron chi connectivity index (χ0n) is 8.50. The smallest absolute Gasteiger partial charge is 0.137 e. The molecular weight excluding hydrogens is 196 g/mol. The number of methoxy groups -OCH3 is 1. The van der Waals surface area contributed by atoms with E-state index in [0.717, 1.165) is 5.82 Å². The van der Waals surface area contributed by atoms with Gasteiger partial charge in [0, 0.05) is 13.1 Å². The number of hydrogen-bond acceptors (Lipinski definition) is 5. The van der Waals surface area contributed by atoms with Crippen molar-refractivity contribution in [3.05, 3.63) is 18.3 Å². The van der Waals surface area contributed by atoms with Crippen LogP contribution in [0.25, 0.3) is 0 Å². The summed E-state index contributed by atoms with van der Waals surface area (Å²) in [5, 5.41) is 18.8. The van der Waals surface area contributed by atoms with E-state index >= 15 is 0 Å². The molecule has 15 heavy (non-hydrogen) atoms. The summed E-state index contributed by atoms with van der Waals surface area (Å²) in [4.78, 5) is 6.02. The van der Waals surface area contributed by atoms with E-state index in [0.29, 0.717) is 18.8 Å². The van der Waals surface area contributed by atoms with E-state index in [-0.39, 0.29) is 0 Å². The van der Waals surface area contributed by atoms with Gasteiger partial charge in [0.05, 0.1) is 25.5 Å². The van der Waals surface area contributed by atoms with Crippen LogP contribution in [0, 0.1) is 0 Å². The Hall–Kier alpha value is -1.33. The fourth-order valence-corrected chi connectivity index (χ4v) is 1.64. The molecule has 0 saturated carbocycles. The highest BCUT2D eigenvalue weighted by Gasteiger charge is 2.30. The first-order chi connectivity index (χ1) is 7.20. The minimum Gasteiger partial charge on any atom is -0.495 e. The van der Waals surface area contributed by atoms with Crippen LogP contribution in [0.3, 0.4) is 0 Å². The Morgan fingerprint density at radius 2 is 2.00 bits per heavy atom. The quantitative estimate of drug-likeness (QED) is 0.697. The lowest BCUT2D eigenvalue weighted by atomic mass is 10.3. The van der Waals surface area contributed by atoms with Crippen LogP contribution in [0.4, 0.5) is 5.82 Å². The molecule has 2 rings (SSSR count). The molecule has 2 atom stereocenters. The summed E-state index contributed by atoms with van der Waals surface area (Å²) < 4.78 is 4.99. The molecule has 0 spiro atoms. The average molecular weight is 210 g/mol. The number of pyridine rings is 1. The molecule has 2 unspecified atom stereocenters. The number of β-amino-alcohol motifs (C(OH)–C–C–N with tert-alkyl or cyclic N) is 2.